The first-order valence-electron chi connectivity index (χ1n) is 9.47. The van der Waals surface area contributed by atoms with E-state index in [1.165, 1.54) is 11.3 Å². The Balaban J connectivity index is 1.24. The third-order valence-corrected chi connectivity index (χ3v) is 6.23. The molecule has 11 heteroatoms. The molecule has 9 nitrogen and oxygen atoms in total. The quantitative estimate of drug-likeness (QED) is 0.440. The summed E-state index contributed by atoms with van der Waals surface area (Å²) in [4.78, 5) is 16.8. The minimum atomic E-state index is -0.144. The number of anilines is 1. The molecule has 0 spiro atoms. The number of thiazole rings is 1. The zero-order valence-electron chi connectivity index (χ0n) is 16.6. The lowest BCUT2D eigenvalue weighted by Gasteiger charge is -2.21. The number of imidazole rings is 1. The van der Waals surface area contributed by atoms with Gasteiger partial charge in [-0.2, -0.15) is 4.98 Å². The Hall–Kier alpha value is -3.05. The maximum Gasteiger partial charge on any atom is 0.328 e. The van der Waals surface area contributed by atoms with Gasteiger partial charge in [-0.3, -0.25) is 9.88 Å². The van der Waals surface area contributed by atoms with Gasteiger partial charge in [0.1, 0.15) is 11.8 Å². The molecule has 154 valence electrons. The van der Waals surface area contributed by atoms with Crippen molar-refractivity contribution in [2.24, 2.45) is 0 Å². The molecule has 1 aliphatic heterocycles. The van der Waals surface area contributed by atoms with E-state index in [1.54, 1.807) is 27.6 Å². The van der Waals surface area contributed by atoms with E-state index in [-0.39, 0.29) is 12.0 Å². The molecule has 0 saturated carbocycles. The van der Waals surface area contributed by atoms with Crippen LogP contribution in [0.25, 0.3) is 15.5 Å². The molecule has 4 aromatic rings. The van der Waals surface area contributed by atoms with Crippen LogP contribution in [-0.2, 0) is 0 Å². The molecule has 5 heterocycles. The highest BCUT2D eigenvalue weighted by Crippen LogP contribution is 2.29. The van der Waals surface area contributed by atoms with E-state index in [2.05, 4.69) is 31.3 Å². The van der Waals surface area contributed by atoms with Crippen molar-refractivity contribution in [1.29, 1.82) is 0 Å². The summed E-state index contributed by atoms with van der Waals surface area (Å²) in [6.45, 7) is 6.71. The van der Waals surface area contributed by atoms with Crippen LogP contribution in [0.5, 0.6) is 5.19 Å². The molecule has 0 saturated heterocycles. The van der Waals surface area contributed by atoms with Crippen molar-refractivity contribution in [3.8, 4) is 15.8 Å². The van der Waals surface area contributed by atoms with Crippen LogP contribution in [0.4, 0.5) is 6.01 Å². The molecular formula is C19H19N7O2S2. The van der Waals surface area contributed by atoms with Gasteiger partial charge in [0.05, 0.1) is 16.6 Å². The van der Waals surface area contributed by atoms with Crippen LogP contribution in [0.3, 0.4) is 0 Å². The second kappa shape index (κ2) is 7.65. The molecular weight excluding hydrogens is 422 g/mol. The fourth-order valence-electron chi connectivity index (χ4n) is 2.94. The smallest absolute Gasteiger partial charge is 0.328 e. The van der Waals surface area contributed by atoms with Gasteiger partial charge in [-0.05, 0) is 29.9 Å². The maximum atomic E-state index is 6.05. The Bertz CT molecular complexity index is 1190. The molecule has 4 aromatic heterocycles. The van der Waals surface area contributed by atoms with Crippen LogP contribution in [-0.4, -0.2) is 42.4 Å². The Kier molecular flexibility index (Phi) is 4.83. The fraction of sp³-hybridized carbons (Fsp3) is 0.316. The number of hydrogen-bond acceptors (Lipinski definition) is 10. The third-order valence-electron chi connectivity index (χ3n) is 4.62. The molecule has 0 radical (unpaired) electrons. The summed E-state index contributed by atoms with van der Waals surface area (Å²) in [6, 6.07) is 0.497. The Labute approximate surface area is 180 Å². The van der Waals surface area contributed by atoms with Gasteiger partial charge in [0, 0.05) is 24.9 Å². The van der Waals surface area contributed by atoms with Crippen LogP contribution in [0.15, 0.2) is 46.4 Å². The highest BCUT2D eigenvalue weighted by Gasteiger charge is 2.19. The van der Waals surface area contributed by atoms with Gasteiger partial charge in [-0.25, -0.2) is 9.50 Å². The van der Waals surface area contributed by atoms with E-state index < -0.39 is 0 Å². The molecule has 0 bridgehead atoms. The molecule has 30 heavy (non-hydrogen) atoms. The summed E-state index contributed by atoms with van der Waals surface area (Å²) in [5.41, 5.74) is 3.73. The first-order chi connectivity index (χ1) is 14.6. The first kappa shape index (κ1) is 18.9. The van der Waals surface area contributed by atoms with Gasteiger partial charge in [0.15, 0.2) is 5.82 Å². The standard InChI is InChI=1S/C19H19N7O2S2/c1-11(2)16-22-17(28-24-16)25-6-4-13(5-7-25)12(3)27-19-23-26-9-14(21-18(26)30-19)15-8-20-10-29-15/h4-6,8-12H,7H2,1-3H3. The molecule has 1 atom stereocenters. The van der Waals surface area contributed by atoms with E-state index in [9.17, 15) is 0 Å². The number of ether oxygens (including phenoxy) is 1. The molecule has 0 aliphatic carbocycles. The lowest BCUT2D eigenvalue weighted by Crippen LogP contribution is -2.23. The lowest BCUT2D eigenvalue weighted by atomic mass is 10.1. The van der Waals surface area contributed by atoms with Gasteiger partial charge in [-0.1, -0.05) is 25.1 Å². The normalized spacial score (nSPS) is 15.2. The molecule has 0 aromatic carbocycles. The SMILES string of the molecule is CC(Oc1nn2cc(-c3cncs3)nc2s1)C1=CCN(c2nc(C(C)C)no2)C=C1. The monoisotopic (exact) mass is 441 g/mol. The molecule has 0 fully saturated rings. The van der Waals surface area contributed by atoms with Crippen molar-refractivity contribution in [1.82, 2.24) is 29.7 Å². The lowest BCUT2D eigenvalue weighted by molar-refractivity contribution is 0.256. The van der Waals surface area contributed by atoms with E-state index in [0.717, 1.165) is 21.1 Å². The Morgan fingerprint density at radius 3 is 2.80 bits per heavy atom. The highest BCUT2D eigenvalue weighted by atomic mass is 32.1. The predicted octanol–water partition coefficient (Wildman–Crippen LogP) is 4.15. The first-order valence-corrected chi connectivity index (χ1v) is 11.2. The summed E-state index contributed by atoms with van der Waals surface area (Å²) < 4.78 is 13.1. The highest BCUT2D eigenvalue weighted by molar-refractivity contribution is 7.18. The molecule has 0 N–H and O–H groups in total. The molecule has 0 amide bonds. The Morgan fingerprint density at radius 2 is 2.13 bits per heavy atom. The zero-order chi connectivity index (χ0) is 20.7. The summed E-state index contributed by atoms with van der Waals surface area (Å²) >= 11 is 2.97. The summed E-state index contributed by atoms with van der Waals surface area (Å²) in [5, 5.41) is 9.09. The average molecular weight is 442 g/mol. The van der Waals surface area contributed by atoms with Crippen molar-refractivity contribution in [2.45, 2.75) is 32.8 Å². The number of hydrogen-bond donors (Lipinski definition) is 0. The number of rotatable bonds is 6. The Morgan fingerprint density at radius 1 is 1.23 bits per heavy atom. The third kappa shape index (κ3) is 3.61. The van der Waals surface area contributed by atoms with Crippen LogP contribution in [0, 0.1) is 0 Å². The zero-order valence-corrected chi connectivity index (χ0v) is 18.2. The van der Waals surface area contributed by atoms with Crippen molar-refractivity contribution < 1.29 is 9.26 Å². The molecule has 1 unspecified atom stereocenters. The van der Waals surface area contributed by atoms with E-state index in [4.69, 9.17) is 9.26 Å². The largest absolute Gasteiger partial charge is 0.461 e. The van der Waals surface area contributed by atoms with Gasteiger partial charge in [0.25, 0.3) is 5.19 Å². The predicted molar refractivity (Wildman–Crippen MR) is 115 cm³/mol. The summed E-state index contributed by atoms with van der Waals surface area (Å²) in [7, 11) is 0. The number of aromatic nitrogens is 6. The van der Waals surface area contributed by atoms with Crippen LogP contribution < -0.4 is 9.64 Å². The van der Waals surface area contributed by atoms with Gasteiger partial charge < -0.3 is 9.26 Å². The van der Waals surface area contributed by atoms with Crippen molar-refractivity contribution >= 4 is 33.6 Å². The van der Waals surface area contributed by atoms with Crippen LogP contribution in [0.2, 0.25) is 0 Å². The summed E-state index contributed by atoms with van der Waals surface area (Å²) in [5.74, 6) is 0.936. The topological polar surface area (TPSA) is 94.5 Å². The van der Waals surface area contributed by atoms with E-state index in [0.29, 0.717) is 23.6 Å². The minimum Gasteiger partial charge on any atom is -0.461 e. The minimum absolute atomic E-state index is 0.144. The molecule has 1 aliphatic rings. The fourth-order valence-corrected chi connectivity index (χ4v) is 4.32. The van der Waals surface area contributed by atoms with Crippen LogP contribution in [0.1, 0.15) is 32.5 Å². The van der Waals surface area contributed by atoms with Gasteiger partial charge >= 0.3 is 6.01 Å². The maximum absolute atomic E-state index is 6.05. The van der Waals surface area contributed by atoms with Crippen molar-refractivity contribution in [3.63, 3.8) is 0 Å². The van der Waals surface area contributed by atoms with Gasteiger partial charge in [-0.15, -0.1) is 16.4 Å². The second-order valence-corrected chi connectivity index (χ2v) is 8.91. The van der Waals surface area contributed by atoms with Crippen molar-refractivity contribution in [3.05, 3.63) is 47.7 Å². The van der Waals surface area contributed by atoms with Crippen molar-refractivity contribution in [2.75, 3.05) is 11.4 Å². The number of fused-ring (bicyclic) bond motifs is 1. The van der Waals surface area contributed by atoms with E-state index in [1.807, 2.05) is 44.1 Å². The summed E-state index contributed by atoms with van der Waals surface area (Å²) in [6.07, 6.45) is 9.57. The van der Waals surface area contributed by atoms with E-state index >= 15 is 0 Å². The van der Waals surface area contributed by atoms with Crippen LogP contribution >= 0.6 is 22.7 Å². The second-order valence-electron chi connectivity index (χ2n) is 7.11. The molecule has 5 rings (SSSR count). The number of nitrogens with zero attached hydrogens (tertiary/aromatic N) is 7. The average Bonchev–Trinajstić information content (AvgIpc) is 3.50. The van der Waals surface area contributed by atoms with Gasteiger partial charge in [0.2, 0.25) is 4.96 Å².